The third-order valence-electron chi connectivity index (χ3n) is 9.73. The van der Waals surface area contributed by atoms with E-state index < -0.39 is 0 Å². The Labute approximate surface area is 273 Å². The van der Waals surface area contributed by atoms with Crippen LogP contribution in [0, 0.1) is 40.9 Å². The van der Waals surface area contributed by atoms with E-state index in [1.807, 2.05) is 60.7 Å². The molecule has 47 heavy (non-hydrogen) atoms. The third-order valence-corrected chi connectivity index (χ3v) is 9.73. The van der Waals surface area contributed by atoms with E-state index in [1.165, 1.54) is 0 Å². The van der Waals surface area contributed by atoms with Crippen LogP contribution in [0.5, 0.6) is 0 Å². The fourth-order valence-electron chi connectivity index (χ4n) is 7.45. The first kappa shape index (κ1) is 28.1. The molecule has 0 amide bonds. The SMILES string of the molecule is Cc1cc(C#N)c(-c2ccc(-c3cccc4oc5ccccc5c34)cc2)cc1C1c2ccc(C#N)cc2C(C)c2cc(C#N)ccc21. The maximum atomic E-state index is 10.3. The quantitative estimate of drug-likeness (QED) is 0.202. The Morgan fingerprint density at radius 3 is 1.81 bits per heavy atom. The van der Waals surface area contributed by atoms with Crippen LogP contribution >= 0.6 is 0 Å². The third kappa shape index (κ3) is 4.41. The summed E-state index contributed by atoms with van der Waals surface area (Å²) in [5.74, 6) is -0.0882. The zero-order valence-electron chi connectivity index (χ0n) is 25.9. The zero-order chi connectivity index (χ0) is 32.2. The summed E-state index contributed by atoms with van der Waals surface area (Å²) in [6.45, 7) is 4.20. The van der Waals surface area contributed by atoms with Crippen LogP contribution in [0.1, 0.15) is 68.8 Å². The van der Waals surface area contributed by atoms with Gasteiger partial charge in [-0.05, 0) is 111 Å². The van der Waals surface area contributed by atoms with Crippen molar-refractivity contribution in [1.82, 2.24) is 0 Å². The zero-order valence-corrected chi connectivity index (χ0v) is 25.9. The second-order valence-electron chi connectivity index (χ2n) is 12.3. The molecule has 0 saturated carbocycles. The number of para-hydroxylation sites is 1. The molecule has 0 fully saturated rings. The van der Waals surface area contributed by atoms with Gasteiger partial charge in [-0.25, -0.2) is 0 Å². The fraction of sp³-hybridized carbons (Fsp3) is 0.0930. The predicted octanol–water partition coefficient (Wildman–Crippen LogP) is 10.5. The van der Waals surface area contributed by atoms with E-state index in [-0.39, 0.29) is 11.8 Å². The van der Waals surface area contributed by atoms with Gasteiger partial charge in [-0.2, -0.15) is 15.8 Å². The Morgan fingerprint density at radius 1 is 0.553 bits per heavy atom. The summed E-state index contributed by atoms with van der Waals surface area (Å²) in [5.41, 5.74) is 14.2. The molecule has 0 unspecified atom stereocenters. The number of fused-ring (bicyclic) bond motifs is 5. The van der Waals surface area contributed by atoms with E-state index in [0.717, 1.165) is 77.6 Å². The number of furan rings is 1. The van der Waals surface area contributed by atoms with Gasteiger partial charge in [0.2, 0.25) is 0 Å². The molecule has 7 aromatic rings. The first-order valence-corrected chi connectivity index (χ1v) is 15.6. The average Bonchev–Trinajstić information content (AvgIpc) is 3.51. The minimum absolute atomic E-state index is 0.0281. The smallest absolute Gasteiger partial charge is 0.136 e. The van der Waals surface area contributed by atoms with E-state index in [2.05, 4.69) is 86.7 Å². The van der Waals surface area contributed by atoms with Crippen LogP contribution in [0.15, 0.2) is 120 Å². The molecule has 1 heterocycles. The molecule has 0 aliphatic heterocycles. The molecule has 4 nitrogen and oxygen atoms in total. The van der Waals surface area contributed by atoms with Gasteiger partial charge in [-0.1, -0.05) is 73.7 Å². The van der Waals surface area contributed by atoms with Gasteiger partial charge in [0.25, 0.3) is 0 Å². The van der Waals surface area contributed by atoms with Gasteiger partial charge in [0.15, 0.2) is 0 Å². The summed E-state index contributed by atoms with van der Waals surface area (Å²) in [7, 11) is 0. The highest BCUT2D eigenvalue weighted by atomic mass is 16.3. The first-order valence-electron chi connectivity index (χ1n) is 15.6. The Hall–Kier alpha value is -6.41. The van der Waals surface area contributed by atoms with Crippen LogP contribution in [-0.2, 0) is 0 Å². The first-order chi connectivity index (χ1) is 23.0. The minimum atomic E-state index is -0.116. The topological polar surface area (TPSA) is 84.5 Å². The summed E-state index contributed by atoms with van der Waals surface area (Å²) in [5, 5.41) is 31.9. The molecule has 220 valence electrons. The van der Waals surface area contributed by atoms with Crippen molar-refractivity contribution in [3.8, 4) is 40.5 Å². The van der Waals surface area contributed by atoms with Gasteiger partial charge >= 0.3 is 0 Å². The molecule has 1 aliphatic carbocycles. The van der Waals surface area contributed by atoms with Crippen molar-refractivity contribution in [2.24, 2.45) is 0 Å². The van der Waals surface area contributed by atoms with Crippen molar-refractivity contribution in [3.63, 3.8) is 0 Å². The molecule has 0 radical (unpaired) electrons. The van der Waals surface area contributed by atoms with Crippen LogP contribution in [-0.4, -0.2) is 0 Å². The normalized spacial score (nSPS) is 15.0. The summed E-state index contributed by atoms with van der Waals surface area (Å²) in [6, 6.07) is 45.7. The number of rotatable bonds is 3. The van der Waals surface area contributed by atoms with Crippen molar-refractivity contribution in [2.75, 3.05) is 0 Å². The Morgan fingerprint density at radius 2 is 1.17 bits per heavy atom. The lowest BCUT2D eigenvalue weighted by Crippen LogP contribution is -2.19. The standard InChI is InChI=1S/C43H27N3O/c1-25-18-31(24-46)39(30-14-12-29(13-15-30)32-7-5-9-41-43(32)35-6-3-4-8-40(35)47-41)21-36(25)42-33-16-10-27(22-44)19-37(33)26(2)38-20-28(23-45)11-17-34(38)42/h3-21,26,42H,1-2H3. The molecular formula is C43H27N3O. The van der Waals surface area contributed by atoms with Crippen LogP contribution in [0.4, 0.5) is 0 Å². The van der Waals surface area contributed by atoms with Gasteiger partial charge < -0.3 is 4.42 Å². The molecule has 4 heteroatoms. The highest BCUT2D eigenvalue weighted by Gasteiger charge is 2.33. The largest absolute Gasteiger partial charge is 0.456 e. The molecule has 1 aromatic heterocycles. The summed E-state index contributed by atoms with van der Waals surface area (Å²) in [4.78, 5) is 0. The number of nitriles is 3. The number of nitrogens with zero attached hydrogens (tertiary/aromatic N) is 3. The molecule has 6 aromatic carbocycles. The van der Waals surface area contributed by atoms with Crippen molar-refractivity contribution >= 4 is 21.9 Å². The van der Waals surface area contributed by atoms with Crippen LogP contribution < -0.4 is 0 Å². The van der Waals surface area contributed by atoms with Crippen LogP contribution in [0.25, 0.3) is 44.2 Å². The number of benzene rings is 6. The van der Waals surface area contributed by atoms with Gasteiger partial charge in [0.1, 0.15) is 11.2 Å². The van der Waals surface area contributed by atoms with Gasteiger partial charge in [-0.3, -0.25) is 0 Å². The second-order valence-corrected chi connectivity index (χ2v) is 12.3. The molecule has 8 rings (SSSR count). The molecular weight excluding hydrogens is 574 g/mol. The highest BCUT2D eigenvalue weighted by Crippen LogP contribution is 2.48. The van der Waals surface area contributed by atoms with E-state index in [0.29, 0.717) is 16.7 Å². The maximum Gasteiger partial charge on any atom is 0.136 e. The van der Waals surface area contributed by atoms with Crippen molar-refractivity contribution in [3.05, 3.63) is 165 Å². The predicted molar refractivity (Wildman–Crippen MR) is 185 cm³/mol. The van der Waals surface area contributed by atoms with Crippen molar-refractivity contribution < 1.29 is 4.42 Å². The Balaban J connectivity index is 1.28. The van der Waals surface area contributed by atoms with Gasteiger partial charge in [0.05, 0.1) is 34.9 Å². The van der Waals surface area contributed by atoms with Gasteiger partial charge in [-0.15, -0.1) is 0 Å². The van der Waals surface area contributed by atoms with Crippen molar-refractivity contribution in [1.29, 1.82) is 15.8 Å². The maximum absolute atomic E-state index is 10.3. The molecule has 1 aliphatic rings. The lowest BCUT2D eigenvalue weighted by atomic mass is 9.69. The minimum Gasteiger partial charge on any atom is -0.456 e. The molecule has 0 saturated heterocycles. The van der Waals surface area contributed by atoms with Crippen LogP contribution in [0.3, 0.4) is 0 Å². The van der Waals surface area contributed by atoms with E-state index >= 15 is 0 Å². The van der Waals surface area contributed by atoms with Crippen molar-refractivity contribution in [2.45, 2.75) is 25.7 Å². The number of hydrogen-bond donors (Lipinski definition) is 0. The molecule has 0 atom stereocenters. The summed E-state index contributed by atoms with van der Waals surface area (Å²) in [6.07, 6.45) is 0. The Kier molecular flexibility index (Phi) is 6.51. The van der Waals surface area contributed by atoms with Crippen LogP contribution in [0.2, 0.25) is 0 Å². The number of hydrogen-bond acceptors (Lipinski definition) is 4. The monoisotopic (exact) mass is 601 g/mol. The van der Waals surface area contributed by atoms with E-state index in [1.54, 1.807) is 0 Å². The summed E-state index contributed by atoms with van der Waals surface area (Å²) < 4.78 is 6.13. The summed E-state index contributed by atoms with van der Waals surface area (Å²) >= 11 is 0. The molecule has 0 N–H and O–H groups in total. The lowest BCUT2D eigenvalue weighted by Gasteiger charge is -2.34. The van der Waals surface area contributed by atoms with Gasteiger partial charge in [0, 0.05) is 22.6 Å². The second kappa shape index (κ2) is 10.9. The highest BCUT2D eigenvalue weighted by molar-refractivity contribution is 6.12. The van der Waals surface area contributed by atoms with E-state index in [4.69, 9.17) is 4.42 Å². The lowest BCUT2D eigenvalue weighted by molar-refractivity contribution is 0.669. The number of aryl methyl sites for hydroxylation is 1. The van der Waals surface area contributed by atoms with E-state index in [9.17, 15) is 15.8 Å². The molecule has 0 spiro atoms. The fourth-order valence-corrected chi connectivity index (χ4v) is 7.45. The average molecular weight is 602 g/mol. The Bertz CT molecular complexity index is 2470. The molecule has 0 bridgehead atoms.